The van der Waals surface area contributed by atoms with Crippen molar-refractivity contribution in [2.24, 2.45) is 0 Å². The molecule has 17 heavy (non-hydrogen) atoms. The standard InChI is InChI=1S/C9H8ClN3O2S2/c1-6-11-5-9(16-6)17(14,15)13-7-2-3-8(10)12-4-7/h2-5,13H,1H3. The van der Waals surface area contributed by atoms with Crippen molar-refractivity contribution in [3.05, 3.63) is 34.7 Å². The molecule has 2 aromatic rings. The van der Waals surface area contributed by atoms with Crippen LogP contribution in [0.3, 0.4) is 0 Å². The molecule has 0 unspecified atom stereocenters. The normalized spacial score (nSPS) is 11.4. The highest BCUT2D eigenvalue weighted by Gasteiger charge is 2.17. The third-order valence-electron chi connectivity index (χ3n) is 1.84. The third kappa shape index (κ3) is 2.93. The van der Waals surface area contributed by atoms with Crippen LogP contribution in [-0.4, -0.2) is 18.4 Å². The number of aromatic nitrogens is 2. The molecule has 0 spiro atoms. The van der Waals surface area contributed by atoms with Gasteiger partial charge in [0.05, 0.1) is 23.1 Å². The van der Waals surface area contributed by atoms with Crippen LogP contribution in [0.15, 0.2) is 28.7 Å². The Morgan fingerprint density at radius 3 is 2.59 bits per heavy atom. The summed E-state index contributed by atoms with van der Waals surface area (Å²) in [5.41, 5.74) is 0.362. The SMILES string of the molecule is Cc1ncc(S(=O)(=O)Nc2ccc(Cl)nc2)s1. The first-order chi connectivity index (χ1) is 7.97. The monoisotopic (exact) mass is 289 g/mol. The fourth-order valence-corrected chi connectivity index (χ4v) is 3.37. The van der Waals surface area contributed by atoms with Crippen molar-refractivity contribution >= 4 is 38.6 Å². The van der Waals surface area contributed by atoms with Gasteiger partial charge in [-0.15, -0.1) is 11.3 Å². The van der Waals surface area contributed by atoms with Gasteiger partial charge < -0.3 is 0 Å². The van der Waals surface area contributed by atoms with Crippen molar-refractivity contribution in [2.45, 2.75) is 11.1 Å². The lowest BCUT2D eigenvalue weighted by Crippen LogP contribution is -2.11. The predicted molar refractivity (Wildman–Crippen MR) is 66.9 cm³/mol. The Balaban J connectivity index is 2.26. The van der Waals surface area contributed by atoms with Crippen molar-refractivity contribution in [3.8, 4) is 0 Å². The van der Waals surface area contributed by atoms with Gasteiger partial charge in [-0.1, -0.05) is 11.6 Å². The van der Waals surface area contributed by atoms with Gasteiger partial charge in [0.2, 0.25) is 0 Å². The quantitative estimate of drug-likeness (QED) is 0.880. The van der Waals surface area contributed by atoms with E-state index in [2.05, 4.69) is 14.7 Å². The van der Waals surface area contributed by atoms with Crippen LogP contribution >= 0.6 is 22.9 Å². The first kappa shape index (κ1) is 12.3. The van der Waals surface area contributed by atoms with Crippen LogP contribution in [0.25, 0.3) is 0 Å². The number of nitrogens with one attached hydrogen (secondary N) is 1. The van der Waals surface area contributed by atoms with E-state index < -0.39 is 10.0 Å². The zero-order valence-corrected chi connectivity index (χ0v) is 11.1. The Hall–Kier alpha value is -1.18. The molecule has 0 aliphatic heterocycles. The lowest BCUT2D eigenvalue weighted by molar-refractivity contribution is 0.603. The largest absolute Gasteiger partial charge is 0.277 e. The fraction of sp³-hybridized carbons (Fsp3) is 0.111. The van der Waals surface area contributed by atoms with Crippen molar-refractivity contribution in [2.75, 3.05) is 4.72 Å². The summed E-state index contributed by atoms with van der Waals surface area (Å²) in [6.07, 6.45) is 2.68. The minimum atomic E-state index is -3.58. The lowest BCUT2D eigenvalue weighted by Gasteiger charge is -2.04. The van der Waals surface area contributed by atoms with Gasteiger partial charge in [-0.2, -0.15) is 0 Å². The third-order valence-corrected chi connectivity index (χ3v) is 4.82. The minimum Gasteiger partial charge on any atom is -0.277 e. The molecule has 0 aliphatic carbocycles. The molecule has 0 saturated carbocycles. The number of hydrogen-bond donors (Lipinski definition) is 1. The predicted octanol–water partition coefficient (Wildman–Crippen LogP) is 2.30. The number of anilines is 1. The number of halogens is 1. The van der Waals surface area contributed by atoms with Gasteiger partial charge >= 0.3 is 0 Å². The van der Waals surface area contributed by atoms with Crippen molar-refractivity contribution < 1.29 is 8.42 Å². The number of thiazole rings is 1. The molecule has 1 N–H and O–H groups in total. The molecule has 2 heterocycles. The molecule has 0 saturated heterocycles. The molecule has 2 rings (SSSR count). The van der Waals surface area contributed by atoms with Gasteiger partial charge in [-0.05, 0) is 19.1 Å². The maximum absolute atomic E-state index is 11.9. The molecule has 8 heteroatoms. The molecular weight excluding hydrogens is 282 g/mol. The number of rotatable bonds is 3. The second-order valence-corrected chi connectivity index (χ2v) is 6.70. The van der Waals surface area contributed by atoms with E-state index >= 15 is 0 Å². The zero-order valence-electron chi connectivity index (χ0n) is 8.71. The van der Waals surface area contributed by atoms with E-state index in [9.17, 15) is 8.42 Å². The Labute approximate surface area is 108 Å². The molecule has 0 aliphatic rings. The van der Waals surface area contributed by atoms with Crippen LogP contribution in [0.5, 0.6) is 0 Å². The Kier molecular flexibility index (Phi) is 3.32. The summed E-state index contributed by atoms with van der Waals surface area (Å²) in [4.78, 5) is 7.69. The van der Waals surface area contributed by atoms with Crippen molar-refractivity contribution in [1.82, 2.24) is 9.97 Å². The van der Waals surface area contributed by atoms with Gasteiger partial charge in [0.1, 0.15) is 5.15 Å². The van der Waals surface area contributed by atoms with E-state index in [0.717, 1.165) is 11.3 Å². The average molecular weight is 290 g/mol. The summed E-state index contributed by atoms with van der Waals surface area (Å²) in [5, 5.41) is 1.00. The second kappa shape index (κ2) is 4.59. The average Bonchev–Trinajstić information content (AvgIpc) is 2.69. The molecule has 0 fully saturated rings. The highest BCUT2D eigenvalue weighted by atomic mass is 35.5. The van der Waals surface area contributed by atoms with Crippen LogP contribution in [0.1, 0.15) is 5.01 Å². The lowest BCUT2D eigenvalue weighted by atomic mass is 10.4. The van der Waals surface area contributed by atoms with E-state index in [0.29, 0.717) is 15.8 Å². The van der Waals surface area contributed by atoms with Crippen LogP contribution in [-0.2, 0) is 10.0 Å². The van der Waals surface area contributed by atoms with Crippen LogP contribution in [0, 0.1) is 6.92 Å². The smallest absolute Gasteiger partial charge is 0.273 e. The number of hydrogen-bond acceptors (Lipinski definition) is 5. The summed E-state index contributed by atoms with van der Waals surface area (Å²) in [6.45, 7) is 1.74. The van der Waals surface area contributed by atoms with E-state index in [1.54, 1.807) is 13.0 Å². The summed E-state index contributed by atoms with van der Waals surface area (Å²) in [6, 6.07) is 3.05. The maximum Gasteiger partial charge on any atom is 0.273 e. The Morgan fingerprint density at radius 2 is 2.06 bits per heavy atom. The molecule has 0 atom stereocenters. The molecule has 0 amide bonds. The topological polar surface area (TPSA) is 72.0 Å². The van der Waals surface area contributed by atoms with Gasteiger partial charge in [0.15, 0.2) is 4.21 Å². The molecule has 90 valence electrons. The Bertz CT molecular complexity index is 622. The second-order valence-electron chi connectivity index (χ2n) is 3.17. The first-order valence-corrected chi connectivity index (χ1v) is 7.22. The molecule has 0 bridgehead atoms. The minimum absolute atomic E-state index is 0.171. The summed E-state index contributed by atoms with van der Waals surface area (Å²) in [7, 11) is -3.58. The maximum atomic E-state index is 11.9. The van der Waals surface area contributed by atoms with Crippen molar-refractivity contribution in [1.29, 1.82) is 0 Å². The van der Waals surface area contributed by atoms with E-state index in [1.807, 2.05) is 0 Å². The number of aryl methyl sites for hydroxylation is 1. The van der Waals surface area contributed by atoms with E-state index in [1.165, 1.54) is 18.5 Å². The highest BCUT2D eigenvalue weighted by molar-refractivity contribution is 7.94. The Morgan fingerprint density at radius 1 is 1.29 bits per heavy atom. The summed E-state index contributed by atoms with van der Waals surface area (Å²) in [5.74, 6) is 0. The summed E-state index contributed by atoms with van der Waals surface area (Å²) >= 11 is 6.72. The highest BCUT2D eigenvalue weighted by Crippen LogP contribution is 2.21. The van der Waals surface area contributed by atoms with Crippen LogP contribution in [0.4, 0.5) is 5.69 Å². The fourth-order valence-electron chi connectivity index (χ4n) is 1.11. The molecule has 0 radical (unpaired) electrons. The van der Waals surface area contributed by atoms with Crippen molar-refractivity contribution in [3.63, 3.8) is 0 Å². The van der Waals surface area contributed by atoms with E-state index in [4.69, 9.17) is 11.6 Å². The molecular formula is C9H8ClN3O2S2. The molecule has 0 aromatic carbocycles. The van der Waals surface area contributed by atoms with Gasteiger partial charge in [-0.3, -0.25) is 4.72 Å². The van der Waals surface area contributed by atoms with Gasteiger partial charge in [0.25, 0.3) is 10.0 Å². The van der Waals surface area contributed by atoms with Gasteiger partial charge in [-0.25, -0.2) is 18.4 Å². The van der Waals surface area contributed by atoms with Gasteiger partial charge in [0, 0.05) is 0 Å². The van der Waals surface area contributed by atoms with E-state index in [-0.39, 0.29) is 4.21 Å². The molecule has 2 aromatic heterocycles. The number of pyridine rings is 1. The summed E-state index contributed by atoms with van der Waals surface area (Å²) < 4.78 is 26.4. The first-order valence-electron chi connectivity index (χ1n) is 4.54. The molecule has 5 nitrogen and oxygen atoms in total. The zero-order chi connectivity index (χ0) is 12.5. The number of sulfonamides is 1. The number of nitrogens with zero attached hydrogens (tertiary/aromatic N) is 2. The van der Waals surface area contributed by atoms with Crippen LogP contribution in [0.2, 0.25) is 5.15 Å². The van der Waals surface area contributed by atoms with Crippen LogP contribution < -0.4 is 4.72 Å².